The molecule has 0 heterocycles. The molecule has 0 spiro atoms. The van der Waals surface area contributed by atoms with Crippen LogP contribution in [-0.4, -0.2) is 12.3 Å². The van der Waals surface area contributed by atoms with Crippen LogP contribution >= 0.6 is 0 Å². The average molecular weight is 303 g/mol. The first-order valence-electron chi connectivity index (χ1n) is 6.93. The molecule has 0 radical (unpaired) electrons. The van der Waals surface area contributed by atoms with Gasteiger partial charge in [0.1, 0.15) is 0 Å². The number of hydrogen-bond acceptors (Lipinski definition) is 1. The molecule has 0 N–H and O–H groups in total. The zero-order valence-corrected chi connectivity index (χ0v) is 14.5. The first kappa shape index (κ1) is 15.2. The molecule has 0 aliphatic heterocycles. The van der Waals surface area contributed by atoms with Gasteiger partial charge in [0.2, 0.25) is 0 Å². The van der Waals surface area contributed by atoms with Gasteiger partial charge in [0.05, 0.1) is 10.8 Å². The molecule has 0 aliphatic carbocycles. The normalized spacial score (nSPS) is 13.2. The molecule has 0 aromatic heterocycles. The van der Waals surface area contributed by atoms with Gasteiger partial charge in [-0.15, -0.1) is 0 Å². The number of aryl methyl sites for hydroxylation is 1. The molecule has 0 saturated heterocycles. The Morgan fingerprint density at radius 2 is 1.55 bits per heavy atom. The quantitative estimate of drug-likeness (QED) is 0.755. The third-order valence-corrected chi connectivity index (χ3v) is 6.07. The van der Waals surface area contributed by atoms with Crippen LogP contribution in [0.4, 0.5) is 0 Å². The minimum absolute atomic E-state index is 0.888. The predicted octanol–water partition coefficient (Wildman–Crippen LogP) is 4.58. The zero-order chi connectivity index (χ0) is 14.8. The second-order valence-corrected chi connectivity index (χ2v) is 13.4. The van der Waals surface area contributed by atoms with Crippen molar-refractivity contribution < 1.29 is 4.21 Å². The Kier molecular flexibility index (Phi) is 4.61. The molecule has 0 unspecified atom stereocenters. The molecule has 106 valence electrons. The highest BCUT2D eigenvalue weighted by Crippen LogP contribution is 2.23. The van der Waals surface area contributed by atoms with E-state index in [4.69, 9.17) is 0 Å². The fourth-order valence-corrected chi connectivity index (χ4v) is 4.99. The third-order valence-electron chi connectivity index (χ3n) is 3.13. The number of benzene rings is 2. The summed E-state index contributed by atoms with van der Waals surface area (Å²) in [6, 6.07) is 17.2. The van der Waals surface area contributed by atoms with Crippen LogP contribution in [0.15, 0.2) is 58.3 Å². The Morgan fingerprint density at radius 1 is 0.950 bits per heavy atom. The summed E-state index contributed by atoms with van der Waals surface area (Å²) in [5, 5.41) is 0. The molecule has 2 aromatic carbocycles. The van der Waals surface area contributed by atoms with E-state index < -0.39 is 18.9 Å². The Balaban J connectivity index is 2.37. The summed E-state index contributed by atoms with van der Waals surface area (Å²) in [5.41, 5.74) is 2.44. The Bertz CT molecular complexity index is 612. The van der Waals surface area contributed by atoms with Gasteiger partial charge >= 0.3 is 0 Å². The lowest BCUT2D eigenvalue weighted by Gasteiger charge is -2.18. The lowest BCUT2D eigenvalue weighted by molar-refractivity contribution is 0.682. The molecule has 0 bridgehead atoms. The molecule has 0 saturated carbocycles. The van der Waals surface area contributed by atoms with E-state index in [0.29, 0.717) is 0 Å². The van der Waals surface area contributed by atoms with Gasteiger partial charge in [0, 0.05) is 17.9 Å². The molecule has 1 atom stereocenters. The summed E-state index contributed by atoms with van der Waals surface area (Å²) < 4.78 is 12.8. The second kappa shape index (κ2) is 6.06. The zero-order valence-electron chi connectivity index (χ0n) is 12.6. The first-order chi connectivity index (χ1) is 9.37. The Labute approximate surface area is 125 Å². The van der Waals surface area contributed by atoms with Crippen molar-refractivity contribution in [1.82, 2.24) is 0 Å². The molecule has 2 rings (SSSR count). The monoisotopic (exact) mass is 302 g/mol. The summed E-state index contributed by atoms with van der Waals surface area (Å²) in [5.74, 6) is 0. The van der Waals surface area contributed by atoms with Crippen LogP contribution in [0.1, 0.15) is 11.1 Å². The Hall–Kier alpha value is -1.19. The van der Waals surface area contributed by atoms with Gasteiger partial charge in [-0.1, -0.05) is 55.5 Å². The minimum Gasteiger partial charge on any atom is -0.249 e. The van der Waals surface area contributed by atoms with Gasteiger partial charge in [-0.2, -0.15) is 0 Å². The molecule has 0 amide bonds. The summed E-state index contributed by atoms with van der Waals surface area (Å²) in [6.07, 6.45) is 0. The van der Waals surface area contributed by atoms with Gasteiger partial charge < -0.3 is 0 Å². The predicted molar refractivity (Wildman–Crippen MR) is 89.3 cm³/mol. The maximum Gasteiger partial charge on any atom is 0.0852 e. The van der Waals surface area contributed by atoms with Gasteiger partial charge in [0.15, 0.2) is 0 Å². The van der Waals surface area contributed by atoms with Crippen molar-refractivity contribution in [1.29, 1.82) is 0 Å². The van der Waals surface area contributed by atoms with E-state index >= 15 is 0 Å². The van der Waals surface area contributed by atoms with E-state index in [0.717, 1.165) is 15.8 Å². The largest absolute Gasteiger partial charge is 0.249 e. The van der Waals surface area contributed by atoms with Gasteiger partial charge in [-0.25, -0.2) is 4.21 Å². The average Bonchev–Trinajstić information content (AvgIpc) is 2.37. The van der Waals surface area contributed by atoms with Gasteiger partial charge in [0.25, 0.3) is 0 Å². The highest BCUT2D eigenvalue weighted by Gasteiger charge is 2.18. The van der Waals surface area contributed by atoms with E-state index in [1.807, 2.05) is 49.4 Å². The Morgan fingerprint density at radius 3 is 2.15 bits per heavy atom. The van der Waals surface area contributed by atoms with Crippen LogP contribution in [0, 0.1) is 6.92 Å². The van der Waals surface area contributed by atoms with Crippen molar-refractivity contribution in [2.45, 2.75) is 42.4 Å². The minimum atomic E-state index is -1.22. The smallest absolute Gasteiger partial charge is 0.0852 e. The van der Waals surface area contributed by atoms with Crippen molar-refractivity contribution in [2.24, 2.45) is 0 Å². The lowest BCUT2D eigenvalue weighted by Crippen LogP contribution is -2.24. The summed E-state index contributed by atoms with van der Waals surface area (Å²) >= 11 is 0. The second-order valence-electron chi connectivity index (χ2n) is 6.43. The molecule has 20 heavy (non-hydrogen) atoms. The molecule has 2 aromatic rings. The first-order valence-corrected chi connectivity index (χ1v) is 11.8. The van der Waals surface area contributed by atoms with Crippen LogP contribution < -0.4 is 0 Å². The topological polar surface area (TPSA) is 17.1 Å². The maximum absolute atomic E-state index is 12.8. The highest BCUT2D eigenvalue weighted by molar-refractivity contribution is 7.85. The fraction of sp³-hybridized carbons (Fsp3) is 0.294. The van der Waals surface area contributed by atoms with Crippen molar-refractivity contribution in [3.63, 3.8) is 0 Å². The molecular formula is C17H22OSSi. The van der Waals surface area contributed by atoms with Crippen LogP contribution in [-0.2, 0) is 16.8 Å². The van der Waals surface area contributed by atoms with E-state index in [9.17, 15) is 4.21 Å². The van der Waals surface area contributed by atoms with Gasteiger partial charge in [-0.05, 0) is 36.7 Å². The standard InChI is InChI=1S/C17H22OSSi/c1-14-9-11-16(12-10-14)19(18)17-8-6-5-7-15(17)13-20(2,3)4/h5-12H,13H2,1-4H3/t19-/m0/s1. The van der Waals surface area contributed by atoms with E-state index in [1.54, 1.807) is 0 Å². The molecule has 0 aliphatic rings. The summed E-state index contributed by atoms with van der Waals surface area (Å²) in [7, 11) is -2.30. The van der Waals surface area contributed by atoms with E-state index in [2.05, 4.69) is 25.7 Å². The molecule has 1 nitrogen and oxygen atoms in total. The van der Waals surface area contributed by atoms with Crippen LogP contribution in [0.5, 0.6) is 0 Å². The number of hydrogen-bond donors (Lipinski definition) is 0. The van der Waals surface area contributed by atoms with Crippen LogP contribution in [0.3, 0.4) is 0 Å². The van der Waals surface area contributed by atoms with Crippen molar-refractivity contribution in [3.8, 4) is 0 Å². The van der Waals surface area contributed by atoms with Crippen molar-refractivity contribution in [2.75, 3.05) is 0 Å². The third kappa shape index (κ3) is 3.90. The SMILES string of the molecule is Cc1ccc([S@](=O)c2ccccc2C[Si](C)(C)C)cc1. The highest BCUT2D eigenvalue weighted by atomic mass is 32.2. The molecule has 0 fully saturated rings. The molecule has 3 heteroatoms. The molecular weight excluding hydrogens is 280 g/mol. The fourth-order valence-electron chi connectivity index (χ4n) is 2.19. The summed E-state index contributed by atoms with van der Waals surface area (Å²) in [6.45, 7) is 9.08. The van der Waals surface area contributed by atoms with Gasteiger partial charge in [-0.3, -0.25) is 0 Å². The van der Waals surface area contributed by atoms with Crippen molar-refractivity contribution >= 4 is 18.9 Å². The van der Waals surface area contributed by atoms with Crippen LogP contribution in [0.2, 0.25) is 19.6 Å². The van der Waals surface area contributed by atoms with E-state index in [1.165, 1.54) is 11.1 Å². The summed E-state index contributed by atoms with van der Waals surface area (Å²) in [4.78, 5) is 1.86. The van der Waals surface area contributed by atoms with Crippen molar-refractivity contribution in [3.05, 3.63) is 59.7 Å². The van der Waals surface area contributed by atoms with Crippen LogP contribution in [0.25, 0.3) is 0 Å². The maximum atomic E-state index is 12.8. The number of rotatable bonds is 4. The van der Waals surface area contributed by atoms with E-state index in [-0.39, 0.29) is 0 Å². The lowest BCUT2D eigenvalue weighted by atomic mass is 10.2.